The topological polar surface area (TPSA) is 90.0 Å². The zero-order valence-corrected chi connectivity index (χ0v) is 19.6. The van der Waals surface area contributed by atoms with Crippen LogP contribution in [0.25, 0.3) is 0 Å². The molecule has 2 atom stereocenters. The second kappa shape index (κ2) is 9.53. The molecule has 4 rings (SSSR count). The van der Waals surface area contributed by atoms with E-state index in [9.17, 15) is 19.2 Å². The van der Waals surface area contributed by atoms with Gasteiger partial charge in [0.2, 0.25) is 17.7 Å². The zero-order valence-electron chi connectivity index (χ0n) is 19.6. The zero-order chi connectivity index (χ0) is 23.6. The van der Waals surface area contributed by atoms with Crippen molar-refractivity contribution in [3.8, 4) is 0 Å². The lowest BCUT2D eigenvalue weighted by molar-refractivity contribution is -0.129. The van der Waals surface area contributed by atoms with Gasteiger partial charge in [-0.25, -0.2) is 0 Å². The van der Waals surface area contributed by atoms with Crippen molar-refractivity contribution in [1.29, 1.82) is 0 Å². The van der Waals surface area contributed by atoms with E-state index in [1.54, 1.807) is 15.9 Å². The Balaban J connectivity index is 1.30. The normalized spacial score (nSPS) is 23.1. The highest BCUT2D eigenvalue weighted by Gasteiger charge is 2.52. The van der Waals surface area contributed by atoms with Crippen LogP contribution >= 0.6 is 0 Å². The average molecular weight is 455 g/mol. The predicted molar refractivity (Wildman–Crippen MR) is 124 cm³/mol. The molecule has 8 heteroatoms. The predicted octanol–water partition coefficient (Wildman–Crippen LogP) is 2.67. The van der Waals surface area contributed by atoms with Crippen LogP contribution in [0.1, 0.15) is 75.6 Å². The summed E-state index contributed by atoms with van der Waals surface area (Å²) >= 11 is 0. The molecule has 0 unspecified atom stereocenters. The van der Waals surface area contributed by atoms with Crippen LogP contribution in [0.3, 0.4) is 0 Å². The first-order valence-corrected chi connectivity index (χ1v) is 12.2. The number of para-hydroxylation sites is 1. The Morgan fingerprint density at radius 2 is 1.94 bits per heavy atom. The summed E-state index contributed by atoms with van der Waals surface area (Å²) in [5.41, 5.74) is 0.537. The summed E-state index contributed by atoms with van der Waals surface area (Å²) < 4.78 is 0. The SMILES string of the molecule is CC[C@@H](CCNC(=O)CCCN1C(=O)c2ccccc2N2C(=O)CC[C@]12C)N1CCCC1=O. The lowest BCUT2D eigenvalue weighted by Gasteiger charge is -2.48. The number of benzene rings is 1. The molecule has 3 heterocycles. The molecule has 1 aromatic rings. The van der Waals surface area contributed by atoms with Crippen molar-refractivity contribution >= 4 is 29.3 Å². The molecule has 2 saturated heterocycles. The third kappa shape index (κ3) is 4.35. The summed E-state index contributed by atoms with van der Waals surface area (Å²) in [7, 11) is 0. The van der Waals surface area contributed by atoms with Gasteiger partial charge in [-0.2, -0.15) is 0 Å². The number of nitrogens with one attached hydrogen (secondary N) is 1. The maximum absolute atomic E-state index is 13.2. The molecule has 0 spiro atoms. The Labute approximate surface area is 195 Å². The van der Waals surface area contributed by atoms with Gasteiger partial charge in [0.15, 0.2) is 0 Å². The molecule has 33 heavy (non-hydrogen) atoms. The summed E-state index contributed by atoms with van der Waals surface area (Å²) in [5, 5.41) is 2.97. The van der Waals surface area contributed by atoms with Gasteiger partial charge in [0.05, 0.1) is 11.3 Å². The Hall–Kier alpha value is -2.90. The standard InChI is InChI=1S/C25H34N4O4/c1-3-18(27-16-7-11-22(27)31)13-15-26-21(30)10-6-17-28-24(33)19-8-4-5-9-20(19)29-23(32)12-14-25(28,29)2/h4-5,8-9,18H,3,6-7,10-17H2,1-2H3,(H,26,30)/t18-,25+/m0/s1. The molecule has 1 aromatic carbocycles. The minimum Gasteiger partial charge on any atom is -0.356 e. The minimum absolute atomic E-state index is 0.0298. The smallest absolute Gasteiger partial charge is 0.257 e. The van der Waals surface area contributed by atoms with Crippen molar-refractivity contribution in [3.63, 3.8) is 0 Å². The first-order chi connectivity index (χ1) is 15.9. The van der Waals surface area contributed by atoms with E-state index >= 15 is 0 Å². The fourth-order valence-electron chi connectivity index (χ4n) is 5.54. The number of rotatable bonds is 9. The molecule has 0 saturated carbocycles. The van der Waals surface area contributed by atoms with Gasteiger partial charge in [-0.05, 0) is 51.2 Å². The van der Waals surface area contributed by atoms with E-state index in [2.05, 4.69) is 12.2 Å². The molecule has 8 nitrogen and oxygen atoms in total. The molecule has 2 fully saturated rings. The van der Waals surface area contributed by atoms with Crippen LogP contribution in [0, 0.1) is 0 Å². The van der Waals surface area contributed by atoms with E-state index in [0.717, 1.165) is 25.8 Å². The molecule has 4 amide bonds. The number of fused-ring (bicyclic) bond motifs is 3. The number of hydrogen-bond acceptors (Lipinski definition) is 4. The van der Waals surface area contributed by atoms with E-state index in [0.29, 0.717) is 56.4 Å². The van der Waals surface area contributed by atoms with E-state index in [1.807, 2.05) is 30.0 Å². The molecular formula is C25H34N4O4. The quantitative estimate of drug-likeness (QED) is 0.621. The molecular weight excluding hydrogens is 420 g/mol. The average Bonchev–Trinajstić information content (AvgIpc) is 3.36. The van der Waals surface area contributed by atoms with Gasteiger partial charge >= 0.3 is 0 Å². The molecule has 0 radical (unpaired) electrons. The van der Waals surface area contributed by atoms with Crippen molar-refractivity contribution in [2.24, 2.45) is 0 Å². The number of likely N-dealkylation sites (tertiary alicyclic amines) is 1. The van der Waals surface area contributed by atoms with Crippen molar-refractivity contribution in [1.82, 2.24) is 15.1 Å². The maximum Gasteiger partial charge on any atom is 0.257 e. The van der Waals surface area contributed by atoms with E-state index in [1.165, 1.54) is 0 Å². The summed E-state index contributed by atoms with van der Waals surface area (Å²) in [6.07, 6.45) is 5.03. The fraction of sp³-hybridized carbons (Fsp3) is 0.600. The van der Waals surface area contributed by atoms with Gasteiger partial charge < -0.3 is 15.1 Å². The van der Waals surface area contributed by atoms with Crippen LogP contribution in [0.4, 0.5) is 5.69 Å². The highest BCUT2D eigenvalue weighted by molar-refractivity contribution is 6.10. The van der Waals surface area contributed by atoms with Gasteiger partial charge in [0.1, 0.15) is 5.66 Å². The molecule has 0 aromatic heterocycles. The van der Waals surface area contributed by atoms with Gasteiger partial charge in [-0.15, -0.1) is 0 Å². The Kier molecular flexibility index (Phi) is 6.72. The van der Waals surface area contributed by atoms with Crippen LogP contribution < -0.4 is 10.2 Å². The van der Waals surface area contributed by atoms with E-state index in [-0.39, 0.29) is 29.7 Å². The Bertz CT molecular complexity index is 948. The Morgan fingerprint density at radius 1 is 1.15 bits per heavy atom. The molecule has 0 bridgehead atoms. The molecule has 1 N–H and O–H groups in total. The number of amides is 4. The largest absolute Gasteiger partial charge is 0.356 e. The van der Waals surface area contributed by atoms with Crippen LogP contribution in [0.2, 0.25) is 0 Å². The maximum atomic E-state index is 13.2. The lowest BCUT2D eigenvalue weighted by Crippen LogP contribution is -2.62. The van der Waals surface area contributed by atoms with Gasteiger partial charge in [0, 0.05) is 44.9 Å². The first-order valence-electron chi connectivity index (χ1n) is 12.2. The summed E-state index contributed by atoms with van der Waals surface area (Å²) in [6, 6.07) is 7.43. The third-order valence-corrected chi connectivity index (χ3v) is 7.35. The highest BCUT2D eigenvalue weighted by Crippen LogP contribution is 2.44. The van der Waals surface area contributed by atoms with Gasteiger partial charge in [0.25, 0.3) is 5.91 Å². The van der Waals surface area contributed by atoms with Crippen LogP contribution in [-0.2, 0) is 14.4 Å². The number of nitrogens with zero attached hydrogens (tertiary/aromatic N) is 3. The highest BCUT2D eigenvalue weighted by atomic mass is 16.2. The summed E-state index contributed by atoms with van der Waals surface area (Å²) in [5.74, 6) is 0.114. The second-order valence-corrected chi connectivity index (χ2v) is 9.42. The van der Waals surface area contributed by atoms with Gasteiger partial charge in [-0.3, -0.25) is 24.1 Å². The van der Waals surface area contributed by atoms with Crippen LogP contribution in [0.5, 0.6) is 0 Å². The van der Waals surface area contributed by atoms with Crippen molar-refractivity contribution in [3.05, 3.63) is 29.8 Å². The van der Waals surface area contributed by atoms with Crippen LogP contribution in [0.15, 0.2) is 24.3 Å². The number of anilines is 1. The molecule has 0 aliphatic carbocycles. The number of carbonyl (C=O) groups is 4. The molecule has 3 aliphatic rings. The third-order valence-electron chi connectivity index (χ3n) is 7.35. The number of hydrogen-bond donors (Lipinski definition) is 1. The van der Waals surface area contributed by atoms with E-state index < -0.39 is 5.66 Å². The second-order valence-electron chi connectivity index (χ2n) is 9.42. The van der Waals surface area contributed by atoms with Crippen molar-refractivity contribution in [2.75, 3.05) is 24.5 Å². The summed E-state index contributed by atoms with van der Waals surface area (Å²) in [6.45, 7) is 5.79. The fourth-order valence-corrected chi connectivity index (χ4v) is 5.54. The summed E-state index contributed by atoms with van der Waals surface area (Å²) in [4.78, 5) is 55.7. The number of carbonyl (C=O) groups excluding carboxylic acids is 4. The van der Waals surface area contributed by atoms with Crippen molar-refractivity contribution in [2.45, 2.75) is 76.9 Å². The molecule has 178 valence electrons. The minimum atomic E-state index is -0.685. The first kappa shape index (κ1) is 23.3. The monoisotopic (exact) mass is 454 g/mol. The Morgan fingerprint density at radius 3 is 2.67 bits per heavy atom. The lowest BCUT2D eigenvalue weighted by atomic mass is 9.98. The van der Waals surface area contributed by atoms with E-state index in [4.69, 9.17) is 0 Å². The van der Waals surface area contributed by atoms with Crippen molar-refractivity contribution < 1.29 is 19.2 Å². The van der Waals surface area contributed by atoms with Crippen LogP contribution in [-0.4, -0.2) is 64.8 Å². The van der Waals surface area contributed by atoms with Gasteiger partial charge in [-0.1, -0.05) is 19.1 Å². The molecule has 3 aliphatic heterocycles.